The fraction of sp³-hybridized carbons (Fsp3) is 0.781. The molecule has 0 aliphatic heterocycles. The van der Waals surface area contributed by atoms with E-state index in [9.17, 15) is 19.0 Å². The van der Waals surface area contributed by atoms with Crippen molar-refractivity contribution >= 4 is 19.7 Å². The first-order chi connectivity index (χ1) is 40.4. The maximum Gasteiger partial charge on any atom is 0.306 e. The van der Waals surface area contributed by atoms with Crippen LogP contribution in [0.3, 0.4) is 0 Å². The van der Waals surface area contributed by atoms with Crippen LogP contribution in [0.5, 0.6) is 0 Å². The minimum Gasteiger partial charge on any atom is -0.756 e. The molecule has 0 saturated heterocycles. The number of carbonyl (C=O) groups excluding carboxylic acids is 2. The number of phosphoric acid groups is 1. The third-order valence-corrected chi connectivity index (χ3v) is 16.3. The van der Waals surface area contributed by atoms with Gasteiger partial charge in [0.25, 0.3) is 7.82 Å². The van der Waals surface area contributed by atoms with Crippen molar-refractivity contribution < 1.29 is 37.3 Å². The number of esters is 1. The number of amides is 1. The number of likely N-dealkylation sites (N-methyl/N-ethyl adjacent to an activating group) is 1. The van der Waals surface area contributed by atoms with Crippen molar-refractivity contribution in [2.75, 3.05) is 40.9 Å². The van der Waals surface area contributed by atoms with E-state index in [0.29, 0.717) is 17.4 Å². The van der Waals surface area contributed by atoms with E-state index in [1.165, 1.54) is 199 Å². The van der Waals surface area contributed by atoms with Gasteiger partial charge in [0.2, 0.25) is 5.91 Å². The van der Waals surface area contributed by atoms with Crippen LogP contribution in [0.2, 0.25) is 0 Å². The minimum absolute atomic E-state index is 0.0348. The molecule has 1 amide bonds. The molecular weight excluding hydrogens is 1050 g/mol. The lowest BCUT2D eigenvalue weighted by Crippen LogP contribution is -2.47. The molecule has 0 heterocycles. The van der Waals surface area contributed by atoms with Gasteiger partial charge >= 0.3 is 5.97 Å². The standard InChI is InChI=1S/C73H133N2O7P/c1-7-10-13-16-19-22-25-28-30-32-33-34-35-36-37-38-39-40-41-43-45-48-51-54-57-60-63-66-73(77)82-71(64-61-58-55-52-49-46-27-24-21-18-15-12-9-3)70(69-81-83(78,79)80-68-67-75(4,5)6)74-72(76)65-62-59-56-53-50-47-44-42-31-29-26-23-20-17-14-11-8-2/h11,14,20,23,28-31,44,47,53,56,61,64,70-71H,7-10,12-13,15-19,21-22,24-27,32-43,45-46,48-52,54-55,57-60,62-63,65-69H2,1-6H3,(H-,74,76,78,79)/b14-11-,23-20-,30-28+,31-29-,47-44-,56-53-,64-61-. The summed E-state index contributed by atoms with van der Waals surface area (Å²) >= 11 is 0. The number of phosphoric ester groups is 1. The number of hydrogen-bond acceptors (Lipinski definition) is 7. The second-order valence-electron chi connectivity index (χ2n) is 24.6. The highest BCUT2D eigenvalue weighted by Crippen LogP contribution is 2.38. The first-order valence-corrected chi connectivity index (χ1v) is 36.4. The smallest absolute Gasteiger partial charge is 0.306 e. The summed E-state index contributed by atoms with van der Waals surface area (Å²) in [4.78, 5) is 40.1. The lowest BCUT2D eigenvalue weighted by molar-refractivity contribution is -0.870. The van der Waals surface area contributed by atoms with E-state index in [4.69, 9.17) is 13.8 Å². The Hall–Kier alpha value is -2.81. The molecule has 83 heavy (non-hydrogen) atoms. The quantitative estimate of drug-likeness (QED) is 0.0212. The van der Waals surface area contributed by atoms with Gasteiger partial charge in [-0.25, -0.2) is 0 Å². The van der Waals surface area contributed by atoms with Crippen LogP contribution in [0.1, 0.15) is 316 Å². The van der Waals surface area contributed by atoms with Gasteiger partial charge in [-0.1, -0.05) is 292 Å². The van der Waals surface area contributed by atoms with Crippen molar-refractivity contribution in [3.63, 3.8) is 0 Å². The Morgan fingerprint density at radius 1 is 0.434 bits per heavy atom. The molecule has 0 saturated carbocycles. The van der Waals surface area contributed by atoms with Crippen LogP contribution in [0, 0.1) is 0 Å². The van der Waals surface area contributed by atoms with E-state index in [2.05, 4.69) is 99.0 Å². The van der Waals surface area contributed by atoms with Gasteiger partial charge in [-0.3, -0.25) is 14.2 Å². The van der Waals surface area contributed by atoms with Crippen LogP contribution in [-0.4, -0.2) is 69.4 Å². The first-order valence-electron chi connectivity index (χ1n) is 34.9. The molecular formula is C73H133N2O7P. The van der Waals surface area contributed by atoms with Crippen LogP contribution in [0.25, 0.3) is 0 Å². The zero-order valence-electron chi connectivity index (χ0n) is 55.1. The molecule has 0 fully saturated rings. The van der Waals surface area contributed by atoms with E-state index in [-0.39, 0.29) is 31.3 Å². The summed E-state index contributed by atoms with van der Waals surface area (Å²) in [6, 6.07) is -0.921. The molecule has 0 spiro atoms. The van der Waals surface area contributed by atoms with Gasteiger partial charge in [-0.15, -0.1) is 0 Å². The molecule has 1 N–H and O–H groups in total. The Kier molecular flexibility index (Phi) is 60.1. The topological polar surface area (TPSA) is 114 Å². The van der Waals surface area contributed by atoms with Gasteiger partial charge in [-0.2, -0.15) is 0 Å². The average Bonchev–Trinajstić information content (AvgIpc) is 3.46. The van der Waals surface area contributed by atoms with Gasteiger partial charge < -0.3 is 28.5 Å². The van der Waals surface area contributed by atoms with Crippen molar-refractivity contribution in [2.24, 2.45) is 0 Å². The molecule has 0 radical (unpaired) electrons. The summed E-state index contributed by atoms with van der Waals surface area (Å²) in [6.45, 7) is 6.71. The fourth-order valence-corrected chi connectivity index (χ4v) is 10.7. The van der Waals surface area contributed by atoms with Gasteiger partial charge in [0.1, 0.15) is 19.3 Å². The molecule has 0 bridgehead atoms. The highest BCUT2D eigenvalue weighted by atomic mass is 31.2. The van der Waals surface area contributed by atoms with Crippen molar-refractivity contribution in [1.82, 2.24) is 5.32 Å². The molecule has 0 aromatic carbocycles. The molecule has 0 aromatic heterocycles. The molecule has 3 atom stereocenters. The summed E-state index contributed by atoms with van der Waals surface area (Å²) < 4.78 is 30.4. The molecule has 3 unspecified atom stereocenters. The Labute approximate surface area is 514 Å². The van der Waals surface area contributed by atoms with Crippen LogP contribution >= 0.6 is 7.82 Å². The van der Waals surface area contributed by atoms with Crippen LogP contribution in [0.4, 0.5) is 0 Å². The maximum absolute atomic E-state index is 13.5. The summed E-state index contributed by atoms with van der Waals surface area (Å²) in [5.41, 5.74) is 0. The van der Waals surface area contributed by atoms with Crippen LogP contribution in [0.15, 0.2) is 85.1 Å². The largest absolute Gasteiger partial charge is 0.756 e. The maximum atomic E-state index is 13.5. The minimum atomic E-state index is -4.72. The number of unbranched alkanes of at least 4 members (excludes halogenated alkanes) is 35. The number of carbonyl (C=O) groups is 2. The normalized spacial score (nSPS) is 14.1. The predicted molar refractivity (Wildman–Crippen MR) is 358 cm³/mol. The summed E-state index contributed by atoms with van der Waals surface area (Å²) in [7, 11) is 1.15. The first kappa shape index (κ1) is 80.2. The van der Waals surface area contributed by atoms with Crippen molar-refractivity contribution in [3.05, 3.63) is 85.1 Å². The molecule has 0 aliphatic rings. The van der Waals surface area contributed by atoms with Crippen LogP contribution in [-0.2, 0) is 27.9 Å². The van der Waals surface area contributed by atoms with E-state index >= 15 is 0 Å². The number of allylic oxidation sites excluding steroid dienone is 13. The molecule has 482 valence electrons. The van der Waals surface area contributed by atoms with Crippen molar-refractivity contribution in [1.29, 1.82) is 0 Å². The third-order valence-electron chi connectivity index (χ3n) is 15.3. The van der Waals surface area contributed by atoms with E-state index in [1.807, 2.05) is 33.3 Å². The summed E-state index contributed by atoms with van der Waals surface area (Å²) in [5.74, 6) is -0.602. The summed E-state index contributed by atoms with van der Waals surface area (Å²) in [6.07, 6.45) is 83.0. The highest BCUT2D eigenvalue weighted by Gasteiger charge is 2.27. The Balaban J connectivity index is 5.11. The summed E-state index contributed by atoms with van der Waals surface area (Å²) in [5, 5.41) is 3.00. The number of rotatable bonds is 63. The molecule has 10 heteroatoms. The Bertz CT molecular complexity index is 1700. The molecule has 0 rings (SSSR count). The van der Waals surface area contributed by atoms with E-state index in [1.54, 1.807) is 0 Å². The second-order valence-corrected chi connectivity index (χ2v) is 26.1. The highest BCUT2D eigenvalue weighted by molar-refractivity contribution is 7.45. The Morgan fingerprint density at radius 3 is 1.19 bits per heavy atom. The molecule has 0 aromatic rings. The third kappa shape index (κ3) is 63.5. The zero-order valence-corrected chi connectivity index (χ0v) is 56.0. The van der Waals surface area contributed by atoms with Gasteiger partial charge in [0.15, 0.2) is 0 Å². The van der Waals surface area contributed by atoms with Gasteiger partial charge in [0, 0.05) is 12.8 Å². The predicted octanol–water partition coefficient (Wildman–Crippen LogP) is 21.5. The second kappa shape index (κ2) is 62.2. The van der Waals surface area contributed by atoms with E-state index in [0.717, 1.165) is 77.0 Å². The molecule has 0 aliphatic carbocycles. The van der Waals surface area contributed by atoms with Crippen molar-refractivity contribution in [3.8, 4) is 0 Å². The van der Waals surface area contributed by atoms with Crippen LogP contribution < -0.4 is 10.2 Å². The fourth-order valence-electron chi connectivity index (χ4n) is 9.97. The monoisotopic (exact) mass is 1180 g/mol. The SMILES string of the molecule is CC/C=C\C/C=C\C/C=C\C/C=C\C/C=C\CCCC(=O)NC(COP(=O)([O-])OCC[N+](C)(C)C)C(/C=C\CCCCCCCCCCCCC)OC(=O)CCCCCCCCCCCCCCCCCCC/C=C/CCCCCCCC. The number of nitrogens with zero attached hydrogens (tertiary/aromatic N) is 1. The number of hydrogen-bond donors (Lipinski definition) is 1. The van der Waals surface area contributed by atoms with Gasteiger partial charge in [-0.05, 0) is 96.0 Å². The number of quaternary nitrogens is 1. The number of nitrogens with one attached hydrogen (secondary N) is 1. The van der Waals surface area contributed by atoms with Crippen molar-refractivity contribution in [2.45, 2.75) is 328 Å². The lowest BCUT2D eigenvalue weighted by Gasteiger charge is -2.30. The van der Waals surface area contributed by atoms with Gasteiger partial charge in [0.05, 0.1) is 33.8 Å². The number of ether oxygens (including phenoxy) is 1. The van der Waals surface area contributed by atoms with E-state index < -0.39 is 26.6 Å². The lowest BCUT2D eigenvalue weighted by atomic mass is 10.0. The zero-order chi connectivity index (χ0) is 60.7. The average molecular weight is 1180 g/mol. The molecule has 9 nitrogen and oxygen atoms in total. The Morgan fingerprint density at radius 2 is 0.783 bits per heavy atom.